The molecule has 1 aliphatic carbocycles. The highest BCUT2D eigenvalue weighted by atomic mass is 19.3. The van der Waals surface area contributed by atoms with E-state index < -0.39 is 54.2 Å². The van der Waals surface area contributed by atoms with E-state index in [9.17, 15) is 32.8 Å². The first-order valence-electron chi connectivity index (χ1n) is 13.9. The molecule has 3 atom stereocenters. The van der Waals surface area contributed by atoms with Crippen molar-refractivity contribution in [1.29, 1.82) is 0 Å². The van der Waals surface area contributed by atoms with E-state index >= 15 is 0 Å². The van der Waals surface area contributed by atoms with Crippen LogP contribution < -0.4 is 10.6 Å². The monoisotopic (exact) mass is 585 g/mol. The molecule has 11 heteroatoms. The number of carboxylic acids is 1. The number of halogens is 2. The molecule has 3 amide bonds. The Labute approximate surface area is 243 Å². The third-order valence-corrected chi connectivity index (χ3v) is 7.44. The second-order valence-electron chi connectivity index (χ2n) is 11.0. The molecule has 1 heterocycles. The fourth-order valence-electron chi connectivity index (χ4n) is 5.08. The smallest absolute Gasteiger partial charge is 0.305 e. The van der Waals surface area contributed by atoms with E-state index in [1.165, 1.54) is 36.1 Å². The van der Waals surface area contributed by atoms with Gasteiger partial charge in [0.25, 0.3) is 11.8 Å². The SMILES string of the molecule is C=C(C)C(F)(F)c1ccc(C2=CCCC=C2C(=O)N[C@H](C(=O)N2CCC[C@H]2C(=O)NC(C=O)CC(=O)O)C(C)C)cc1. The molecule has 3 N–H and O–H groups in total. The van der Waals surface area contributed by atoms with E-state index in [1.54, 1.807) is 19.9 Å². The predicted molar refractivity (Wildman–Crippen MR) is 152 cm³/mol. The molecule has 0 aromatic heterocycles. The van der Waals surface area contributed by atoms with Gasteiger partial charge in [-0.2, -0.15) is 8.78 Å². The Bertz CT molecular complexity index is 1300. The molecule has 226 valence electrons. The van der Waals surface area contributed by atoms with Gasteiger partial charge >= 0.3 is 5.97 Å². The summed E-state index contributed by atoms with van der Waals surface area (Å²) in [6.45, 7) is 8.40. The largest absolute Gasteiger partial charge is 0.481 e. The summed E-state index contributed by atoms with van der Waals surface area (Å²) in [4.78, 5) is 63.6. The van der Waals surface area contributed by atoms with Crippen LogP contribution >= 0.6 is 0 Å². The third kappa shape index (κ3) is 7.37. The van der Waals surface area contributed by atoms with Crippen molar-refractivity contribution in [3.8, 4) is 0 Å². The Morgan fingerprint density at radius 2 is 1.76 bits per heavy atom. The zero-order valence-corrected chi connectivity index (χ0v) is 24.0. The standard InChI is InChI=1S/C31H37F2N3O6/c1-18(2)27(30(42)36-15-7-10-25(36)29(41)34-22(17-37)16-26(38)39)35-28(40)24-9-6-5-8-23(24)20-11-13-21(14-12-20)31(32,33)19(3)4/h8-9,11-14,17-18,22,25,27H,3,5-7,10,15-16H2,1-2,4H3,(H,34,41)(H,35,40)(H,38,39)/t22?,25-,27-/m0/s1. The fourth-order valence-corrected chi connectivity index (χ4v) is 5.08. The summed E-state index contributed by atoms with van der Waals surface area (Å²) in [7, 11) is 0. The van der Waals surface area contributed by atoms with Crippen molar-refractivity contribution < 1.29 is 37.9 Å². The number of hydrogen-bond donors (Lipinski definition) is 3. The number of nitrogens with zero attached hydrogens (tertiary/aromatic N) is 1. The van der Waals surface area contributed by atoms with Crippen LogP contribution in [0.2, 0.25) is 0 Å². The minimum atomic E-state index is -3.19. The number of rotatable bonds is 12. The van der Waals surface area contributed by atoms with Crippen LogP contribution in [0.15, 0.2) is 54.1 Å². The summed E-state index contributed by atoms with van der Waals surface area (Å²) in [6.07, 6.45) is 5.44. The summed E-state index contributed by atoms with van der Waals surface area (Å²) >= 11 is 0. The highest BCUT2D eigenvalue weighted by Gasteiger charge is 2.40. The number of carbonyl (C=O) groups is 5. The molecule has 2 aliphatic rings. The van der Waals surface area contributed by atoms with Crippen LogP contribution in [-0.2, 0) is 29.9 Å². The number of carbonyl (C=O) groups excluding carboxylic acids is 4. The molecule has 1 aliphatic heterocycles. The summed E-state index contributed by atoms with van der Waals surface area (Å²) in [5.41, 5.74) is 0.973. The molecule has 0 saturated carbocycles. The maximum absolute atomic E-state index is 14.4. The van der Waals surface area contributed by atoms with Crippen LogP contribution in [0.25, 0.3) is 5.57 Å². The number of alkyl halides is 2. The second kappa shape index (κ2) is 13.7. The van der Waals surface area contributed by atoms with Crippen molar-refractivity contribution in [2.24, 2.45) is 5.92 Å². The molecule has 1 aromatic carbocycles. The first-order valence-corrected chi connectivity index (χ1v) is 13.9. The first kappa shape index (κ1) is 32.4. The summed E-state index contributed by atoms with van der Waals surface area (Å²) in [5.74, 6) is -6.39. The Morgan fingerprint density at radius 1 is 1.12 bits per heavy atom. The molecule has 0 bridgehead atoms. The lowest BCUT2D eigenvalue weighted by Crippen LogP contribution is -2.56. The molecule has 0 radical (unpaired) electrons. The van der Waals surface area contributed by atoms with Crippen molar-refractivity contribution in [3.63, 3.8) is 0 Å². The minimum Gasteiger partial charge on any atom is -0.481 e. The van der Waals surface area contributed by atoms with E-state index in [0.29, 0.717) is 48.7 Å². The normalized spacial score (nSPS) is 18.4. The van der Waals surface area contributed by atoms with Crippen LogP contribution in [0.5, 0.6) is 0 Å². The number of hydrogen-bond acceptors (Lipinski definition) is 5. The van der Waals surface area contributed by atoms with Gasteiger partial charge < -0.3 is 25.4 Å². The molecule has 0 spiro atoms. The van der Waals surface area contributed by atoms with E-state index in [-0.39, 0.29) is 23.6 Å². The van der Waals surface area contributed by atoms with E-state index in [1.807, 2.05) is 6.08 Å². The third-order valence-electron chi connectivity index (χ3n) is 7.44. The van der Waals surface area contributed by atoms with E-state index in [4.69, 9.17) is 5.11 Å². The lowest BCUT2D eigenvalue weighted by Gasteiger charge is -2.31. The van der Waals surface area contributed by atoms with Gasteiger partial charge in [0.05, 0.1) is 12.5 Å². The van der Waals surface area contributed by atoms with Gasteiger partial charge in [-0.15, -0.1) is 0 Å². The van der Waals surface area contributed by atoms with Gasteiger partial charge in [-0.1, -0.05) is 56.8 Å². The van der Waals surface area contributed by atoms with Gasteiger partial charge in [0.2, 0.25) is 11.8 Å². The molecular weight excluding hydrogens is 548 g/mol. The van der Waals surface area contributed by atoms with Gasteiger partial charge in [0.15, 0.2) is 0 Å². The Kier molecular flexibility index (Phi) is 10.5. The zero-order chi connectivity index (χ0) is 31.2. The lowest BCUT2D eigenvalue weighted by atomic mass is 9.89. The van der Waals surface area contributed by atoms with E-state index in [0.717, 1.165) is 0 Å². The Hall–Kier alpha value is -4.15. The van der Waals surface area contributed by atoms with Gasteiger partial charge in [0, 0.05) is 17.7 Å². The Morgan fingerprint density at radius 3 is 2.33 bits per heavy atom. The molecule has 9 nitrogen and oxygen atoms in total. The molecule has 1 saturated heterocycles. The van der Waals surface area contributed by atoms with Gasteiger partial charge in [-0.05, 0) is 55.2 Å². The quantitative estimate of drug-likeness (QED) is 0.253. The molecule has 3 rings (SSSR count). The second-order valence-corrected chi connectivity index (χ2v) is 11.0. The highest BCUT2D eigenvalue weighted by molar-refractivity contribution is 6.10. The Balaban J connectivity index is 1.77. The van der Waals surface area contributed by atoms with Crippen LogP contribution in [0.4, 0.5) is 8.78 Å². The van der Waals surface area contributed by atoms with Crippen molar-refractivity contribution >= 4 is 35.6 Å². The number of allylic oxidation sites excluding steroid dienone is 3. The summed E-state index contributed by atoms with van der Waals surface area (Å²) < 4.78 is 28.8. The number of nitrogens with one attached hydrogen (secondary N) is 2. The van der Waals surface area contributed by atoms with Crippen LogP contribution in [0.3, 0.4) is 0 Å². The first-order chi connectivity index (χ1) is 19.8. The molecule has 1 aromatic rings. The van der Waals surface area contributed by atoms with Gasteiger partial charge in [-0.3, -0.25) is 19.2 Å². The molecular formula is C31H37F2N3O6. The van der Waals surface area contributed by atoms with Crippen molar-refractivity contribution in [3.05, 3.63) is 65.3 Å². The van der Waals surface area contributed by atoms with Crippen LogP contribution in [-0.4, -0.2) is 64.7 Å². The van der Waals surface area contributed by atoms with Crippen LogP contribution in [0, 0.1) is 5.92 Å². The number of benzene rings is 1. The maximum Gasteiger partial charge on any atom is 0.305 e. The van der Waals surface area contributed by atoms with Crippen molar-refractivity contribution in [2.45, 2.75) is 76.9 Å². The molecule has 42 heavy (non-hydrogen) atoms. The summed E-state index contributed by atoms with van der Waals surface area (Å²) in [5, 5.41) is 14.2. The zero-order valence-electron chi connectivity index (χ0n) is 24.0. The molecule has 1 unspecified atom stereocenters. The predicted octanol–water partition coefficient (Wildman–Crippen LogP) is 3.75. The summed E-state index contributed by atoms with van der Waals surface area (Å²) in [6, 6.07) is 2.55. The number of aliphatic carboxylic acids is 1. The van der Waals surface area contributed by atoms with Gasteiger partial charge in [-0.25, -0.2) is 0 Å². The fraction of sp³-hybridized carbons (Fsp3) is 0.452. The number of amides is 3. The van der Waals surface area contributed by atoms with Crippen molar-refractivity contribution in [1.82, 2.24) is 15.5 Å². The number of aldehydes is 1. The molecule has 1 fully saturated rings. The minimum absolute atomic E-state index is 0.206. The maximum atomic E-state index is 14.4. The lowest BCUT2D eigenvalue weighted by molar-refractivity contribution is -0.143. The number of likely N-dealkylation sites (tertiary alicyclic amines) is 1. The average Bonchev–Trinajstić information content (AvgIpc) is 3.45. The van der Waals surface area contributed by atoms with Gasteiger partial charge in [0.1, 0.15) is 18.4 Å². The number of carboxylic acid groups (broad SMARTS) is 1. The van der Waals surface area contributed by atoms with Crippen molar-refractivity contribution in [2.75, 3.05) is 6.54 Å². The highest BCUT2D eigenvalue weighted by Crippen LogP contribution is 2.36. The van der Waals surface area contributed by atoms with Crippen LogP contribution in [0.1, 0.15) is 64.0 Å². The average molecular weight is 586 g/mol. The topological polar surface area (TPSA) is 133 Å². The van der Waals surface area contributed by atoms with E-state index in [2.05, 4.69) is 17.2 Å².